The maximum absolute atomic E-state index is 13.4. The molecule has 1 fully saturated rings. The highest BCUT2D eigenvalue weighted by Gasteiger charge is 2.35. The van der Waals surface area contributed by atoms with Crippen molar-refractivity contribution < 1.29 is 13.2 Å². The Labute approximate surface area is 177 Å². The summed E-state index contributed by atoms with van der Waals surface area (Å²) < 4.78 is 44.2. The molecule has 0 spiro atoms. The van der Waals surface area contributed by atoms with Crippen LogP contribution in [0.15, 0.2) is 55.0 Å². The summed E-state index contributed by atoms with van der Waals surface area (Å²) >= 11 is 5.55. The Morgan fingerprint density at radius 1 is 1.10 bits per heavy atom. The third kappa shape index (κ3) is 4.96. The second kappa shape index (κ2) is 8.69. The van der Waals surface area contributed by atoms with E-state index >= 15 is 0 Å². The molecule has 1 aliphatic rings. The van der Waals surface area contributed by atoms with Crippen LogP contribution in [0.3, 0.4) is 0 Å². The molecule has 2 heterocycles. The first-order valence-corrected chi connectivity index (χ1v) is 10.2. The molecule has 5 nitrogen and oxygen atoms in total. The molecule has 0 aliphatic heterocycles. The number of hydrogen-bond acceptors (Lipinski definition) is 4. The molecular formula is C21H22F3N5S. The lowest BCUT2D eigenvalue weighted by molar-refractivity contribution is -0.138. The fourth-order valence-corrected chi connectivity index (χ4v) is 3.71. The van der Waals surface area contributed by atoms with Gasteiger partial charge in [0.25, 0.3) is 0 Å². The minimum Gasteiger partial charge on any atom is -0.306 e. The summed E-state index contributed by atoms with van der Waals surface area (Å²) in [5.41, 5.74) is 0.661. The highest BCUT2D eigenvalue weighted by Crippen LogP contribution is 2.35. The average Bonchev–Trinajstić information content (AvgIpc) is 3.52. The Morgan fingerprint density at radius 3 is 2.57 bits per heavy atom. The number of aromatic nitrogens is 4. The predicted molar refractivity (Wildman–Crippen MR) is 109 cm³/mol. The minimum absolute atomic E-state index is 0.211. The van der Waals surface area contributed by atoms with Crippen LogP contribution in [0.2, 0.25) is 0 Å². The first kappa shape index (κ1) is 20.7. The Hall–Kier alpha value is -2.52. The normalized spacial score (nSPS) is 14.4. The maximum atomic E-state index is 13.4. The van der Waals surface area contributed by atoms with E-state index < -0.39 is 11.7 Å². The standard InChI is InChI=1S/C21H22F3N5S/c22-21(23,24)19-7-2-1-5-16(19)13-28(18-8-9-18)15-29-20(30)27(14-26-29)12-10-17-6-3-4-11-25-17/h1-7,11,14,18H,8-10,12-13,15H2. The van der Waals surface area contributed by atoms with Crippen LogP contribution in [-0.2, 0) is 32.4 Å². The summed E-state index contributed by atoms with van der Waals surface area (Å²) in [6.07, 6.45) is 1.75. The fraction of sp³-hybridized carbons (Fsp3) is 0.381. The summed E-state index contributed by atoms with van der Waals surface area (Å²) in [5, 5.41) is 4.38. The van der Waals surface area contributed by atoms with Gasteiger partial charge in [0, 0.05) is 37.4 Å². The topological polar surface area (TPSA) is 38.9 Å². The monoisotopic (exact) mass is 433 g/mol. The van der Waals surface area contributed by atoms with Gasteiger partial charge in [-0.25, -0.2) is 4.68 Å². The van der Waals surface area contributed by atoms with Gasteiger partial charge in [0.2, 0.25) is 0 Å². The molecule has 1 aliphatic carbocycles. The molecule has 0 radical (unpaired) electrons. The molecule has 4 rings (SSSR count). The van der Waals surface area contributed by atoms with E-state index in [9.17, 15) is 13.2 Å². The van der Waals surface area contributed by atoms with Crippen LogP contribution < -0.4 is 0 Å². The third-order valence-electron chi connectivity index (χ3n) is 5.21. The van der Waals surface area contributed by atoms with Gasteiger partial charge in [-0.2, -0.15) is 18.3 Å². The van der Waals surface area contributed by atoms with E-state index in [-0.39, 0.29) is 18.2 Å². The Kier molecular flexibility index (Phi) is 6.01. The number of benzene rings is 1. The molecule has 0 bridgehead atoms. The quantitative estimate of drug-likeness (QED) is 0.483. The van der Waals surface area contributed by atoms with E-state index in [4.69, 9.17) is 12.2 Å². The second-order valence-electron chi connectivity index (χ2n) is 7.45. The summed E-state index contributed by atoms with van der Waals surface area (Å²) in [6, 6.07) is 11.8. The van der Waals surface area contributed by atoms with Gasteiger partial charge >= 0.3 is 6.18 Å². The maximum Gasteiger partial charge on any atom is 0.416 e. The van der Waals surface area contributed by atoms with Crippen LogP contribution in [0.1, 0.15) is 29.7 Å². The molecule has 1 aromatic carbocycles. The minimum atomic E-state index is -4.37. The number of rotatable bonds is 8. The fourth-order valence-electron chi connectivity index (χ4n) is 3.46. The zero-order valence-corrected chi connectivity index (χ0v) is 17.1. The van der Waals surface area contributed by atoms with Gasteiger partial charge < -0.3 is 4.57 Å². The molecule has 1 saturated carbocycles. The van der Waals surface area contributed by atoms with E-state index in [1.165, 1.54) is 6.07 Å². The molecular weight excluding hydrogens is 411 g/mol. The number of hydrogen-bond donors (Lipinski definition) is 0. The van der Waals surface area contributed by atoms with Crippen molar-refractivity contribution >= 4 is 12.2 Å². The highest BCUT2D eigenvalue weighted by atomic mass is 32.1. The van der Waals surface area contributed by atoms with E-state index in [0.29, 0.717) is 18.0 Å². The molecule has 9 heteroatoms. The van der Waals surface area contributed by atoms with Gasteiger partial charge in [-0.05, 0) is 48.8 Å². The molecule has 158 valence electrons. The Balaban J connectivity index is 1.47. The SMILES string of the molecule is FC(F)(F)c1ccccc1CN(Cn1ncn(CCc2ccccn2)c1=S)C1CC1. The van der Waals surface area contributed by atoms with Crippen molar-refractivity contribution in [2.24, 2.45) is 0 Å². The van der Waals surface area contributed by atoms with Crippen LogP contribution in [0, 0.1) is 4.77 Å². The van der Waals surface area contributed by atoms with Crippen LogP contribution in [0.25, 0.3) is 0 Å². The van der Waals surface area contributed by atoms with Crippen molar-refractivity contribution in [1.82, 2.24) is 24.2 Å². The lowest BCUT2D eigenvalue weighted by Gasteiger charge is -2.23. The van der Waals surface area contributed by atoms with Gasteiger partial charge in [-0.15, -0.1) is 0 Å². The van der Waals surface area contributed by atoms with Gasteiger partial charge in [0.05, 0.1) is 12.2 Å². The second-order valence-corrected chi connectivity index (χ2v) is 7.82. The van der Waals surface area contributed by atoms with Crippen LogP contribution in [0.4, 0.5) is 13.2 Å². The summed E-state index contributed by atoms with van der Waals surface area (Å²) in [7, 11) is 0. The van der Waals surface area contributed by atoms with Crippen LogP contribution in [-0.4, -0.2) is 30.3 Å². The lowest BCUT2D eigenvalue weighted by atomic mass is 10.1. The molecule has 2 aromatic heterocycles. The zero-order valence-electron chi connectivity index (χ0n) is 16.3. The number of nitrogens with zero attached hydrogens (tertiary/aromatic N) is 5. The van der Waals surface area contributed by atoms with Crippen molar-refractivity contribution in [2.75, 3.05) is 0 Å². The van der Waals surface area contributed by atoms with Gasteiger partial charge in [-0.1, -0.05) is 24.3 Å². The third-order valence-corrected chi connectivity index (χ3v) is 5.65. The molecule has 0 saturated heterocycles. The molecule has 0 unspecified atom stereocenters. The Morgan fingerprint density at radius 2 is 1.87 bits per heavy atom. The highest BCUT2D eigenvalue weighted by molar-refractivity contribution is 7.71. The van der Waals surface area contributed by atoms with Crippen molar-refractivity contribution in [3.8, 4) is 0 Å². The smallest absolute Gasteiger partial charge is 0.306 e. The molecule has 0 N–H and O–H groups in total. The number of pyridine rings is 1. The van der Waals surface area contributed by atoms with Gasteiger partial charge in [0.15, 0.2) is 4.77 Å². The van der Waals surface area contributed by atoms with E-state index in [0.717, 1.165) is 31.0 Å². The molecule has 0 atom stereocenters. The largest absolute Gasteiger partial charge is 0.416 e. The predicted octanol–water partition coefficient (Wildman–Crippen LogP) is 4.69. The number of halogens is 3. The Bertz CT molecular complexity index is 1040. The number of alkyl halides is 3. The number of aryl methyl sites for hydroxylation is 2. The van der Waals surface area contributed by atoms with Crippen molar-refractivity contribution in [3.63, 3.8) is 0 Å². The van der Waals surface area contributed by atoms with Crippen LogP contribution in [0.5, 0.6) is 0 Å². The first-order valence-electron chi connectivity index (χ1n) is 9.83. The molecule has 3 aromatic rings. The average molecular weight is 434 g/mol. The first-order chi connectivity index (χ1) is 14.4. The molecule has 30 heavy (non-hydrogen) atoms. The summed E-state index contributed by atoms with van der Waals surface area (Å²) in [6.45, 7) is 1.23. The zero-order chi connectivity index (χ0) is 21.1. The van der Waals surface area contributed by atoms with Crippen LogP contribution >= 0.6 is 12.2 Å². The van der Waals surface area contributed by atoms with E-state index in [1.54, 1.807) is 29.3 Å². The van der Waals surface area contributed by atoms with Crippen molar-refractivity contribution in [1.29, 1.82) is 0 Å². The van der Waals surface area contributed by atoms with Gasteiger partial charge in [-0.3, -0.25) is 9.88 Å². The van der Waals surface area contributed by atoms with E-state index in [2.05, 4.69) is 10.1 Å². The van der Waals surface area contributed by atoms with Gasteiger partial charge in [0.1, 0.15) is 6.33 Å². The summed E-state index contributed by atoms with van der Waals surface area (Å²) in [5.74, 6) is 0. The van der Waals surface area contributed by atoms with E-state index in [1.807, 2.05) is 27.7 Å². The molecule has 0 amide bonds. The van der Waals surface area contributed by atoms with Crippen molar-refractivity contribution in [2.45, 2.75) is 51.2 Å². The van der Waals surface area contributed by atoms with Crippen molar-refractivity contribution in [3.05, 3.63) is 76.6 Å². The summed E-state index contributed by atoms with van der Waals surface area (Å²) in [4.78, 5) is 6.33. The lowest BCUT2D eigenvalue weighted by Crippen LogP contribution is -2.30.